The topological polar surface area (TPSA) is 90.6 Å². The molecule has 8 nitrogen and oxygen atoms in total. The molecule has 28 heavy (non-hydrogen) atoms. The van der Waals surface area contributed by atoms with Gasteiger partial charge in [-0.15, -0.1) is 5.10 Å². The van der Waals surface area contributed by atoms with Crippen molar-refractivity contribution in [2.75, 3.05) is 13.7 Å². The van der Waals surface area contributed by atoms with Crippen molar-refractivity contribution in [1.29, 1.82) is 0 Å². The van der Waals surface area contributed by atoms with Crippen LogP contribution in [0.1, 0.15) is 11.1 Å². The number of aromatic nitrogens is 6. The Kier molecular flexibility index (Phi) is 4.86. The third kappa shape index (κ3) is 3.38. The first-order chi connectivity index (χ1) is 13.5. The molecule has 0 aliphatic heterocycles. The molecule has 0 saturated heterocycles. The Hall–Kier alpha value is -2.78. The van der Waals surface area contributed by atoms with Crippen LogP contribution in [-0.4, -0.2) is 43.2 Å². The van der Waals surface area contributed by atoms with Crippen LogP contribution in [-0.2, 0) is 11.3 Å². The molecule has 0 saturated carbocycles. The maximum atomic E-state index is 12.6. The summed E-state index contributed by atoms with van der Waals surface area (Å²) < 4.78 is 9.52. The molecule has 4 rings (SSSR count). The first-order valence-electron chi connectivity index (χ1n) is 8.76. The van der Waals surface area contributed by atoms with Crippen molar-refractivity contribution >= 4 is 27.0 Å². The highest BCUT2D eigenvalue weighted by atomic mass is 79.9. The number of methoxy groups -OCH3 is 1. The third-order valence-electron chi connectivity index (χ3n) is 4.48. The maximum Gasteiger partial charge on any atom is 0.262 e. The van der Waals surface area contributed by atoms with Gasteiger partial charge in [-0.3, -0.25) is 9.48 Å². The molecule has 3 aromatic heterocycles. The van der Waals surface area contributed by atoms with Crippen molar-refractivity contribution in [3.63, 3.8) is 0 Å². The summed E-state index contributed by atoms with van der Waals surface area (Å²) in [6, 6.07) is 5.84. The van der Waals surface area contributed by atoms with Crippen molar-refractivity contribution < 1.29 is 4.74 Å². The van der Waals surface area contributed by atoms with Crippen LogP contribution >= 0.6 is 15.9 Å². The van der Waals surface area contributed by atoms with Gasteiger partial charge in [0, 0.05) is 24.0 Å². The van der Waals surface area contributed by atoms with Crippen molar-refractivity contribution in [2.45, 2.75) is 20.4 Å². The first kappa shape index (κ1) is 18.6. The second-order valence-electron chi connectivity index (χ2n) is 6.57. The van der Waals surface area contributed by atoms with Gasteiger partial charge in [0.1, 0.15) is 11.1 Å². The molecule has 9 heteroatoms. The number of H-pyrrole nitrogens is 1. The summed E-state index contributed by atoms with van der Waals surface area (Å²) in [5, 5.41) is 9.42. The van der Waals surface area contributed by atoms with Crippen LogP contribution in [0, 0.1) is 13.8 Å². The molecular weight excluding hydrogens is 424 g/mol. The first-order valence-corrected chi connectivity index (χ1v) is 9.55. The van der Waals surface area contributed by atoms with E-state index in [0.29, 0.717) is 35.7 Å². The van der Waals surface area contributed by atoms with Crippen molar-refractivity contribution in [1.82, 2.24) is 29.5 Å². The fourth-order valence-electron chi connectivity index (χ4n) is 3.21. The smallest absolute Gasteiger partial charge is 0.262 e. The SMILES string of the molecule is COCCn1ccc(-c2nc3nn(-c4c(C)cc(Br)cc4C)cc3c(=O)[nH]2)n1. The minimum atomic E-state index is -0.245. The minimum absolute atomic E-state index is 0.245. The van der Waals surface area contributed by atoms with E-state index in [0.717, 1.165) is 21.3 Å². The zero-order valence-electron chi connectivity index (χ0n) is 15.7. The Bertz CT molecular complexity index is 1200. The average Bonchev–Trinajstić information content (AvgIpc) is 3.26. The molecule has 0 spiro atoms. The lowest BCUT2D eigenvalue weighted by Crippen LogP contribution is -2.09. The summed E-state index contributed by atoms with van der Waals surface area (Å²) in [7, 11) is 1.64. The van der Waals surface area contributed by atoms with Gasteiger partial charge in [-0.1, -0.05) is 15.9 Å². The fraction of sp³-hybridized carbons (Fsp3) is 0.263. The van der Waals surface area contributed by atoms with Gasteiger partial charge in [0.25, 0.3) is 5.56 Å². The molecule has 4 aromatic rings. The van der Waals surface area contributed by atoms with Gasteiger partial charge in [-0.2, -0.15) is 5.10 Å². The molecule has 0 unspecified atom stereocenters. The number of nitrogens with one attached hydrogen (secondary N) is 1. The van der Waals surface area contributed by atoms with Gasteiger partial charge in [0.2, 0.25) is 0 Å². The number of aryl methyl sites for hydroxylation is 2. The van der Waals surface area contributed by atoms with E-state index in [1.807, 2.05) is 32.2 Å². The van der Waals surface area contributed by atoms with E-state index in [9.17, 15) is 4.79 Å². The van der Waals surface area contributed by atoms with Crippen LogP contribution in [0.2, 0.25) is 0 Å². The number of fused-ring (bicyclic) bond motifs is 1. The summed E-state index contributed by atoms with van der Waals surface area (Å²) in [4.78, 5) is 19.9. The minimum Gasteiger partial charge on any atom is -0.383 e. The summed E-state index contributed by atoms with van der Waals surface area (Å²) >= 11 is 3.51. The summed E-state index contributed by atoms with van der Waals surface area (Å²) in [5.74, 6) is 0.392. The molecule has 0 bridgehead atoms. The highest BCUT2D eigenvalue weighted by Crippen LogP contribution is 2.24. The van der Waals surface area contributed by atoms with Crippen molar-refractivity contribution in [3.05, 3.63) is 56.5 Å². The predicted octanol–water partition coefficient (Wildman–Crippen LogP) is 3.00. The molecular formula is C19H19BrN6O2. The molecule has 1 aromatic carbocycles. The summed E-state index contributed by atoms with van der Waals surface area (Å²) in [6.07, 6.45) is 3.54. The predicted molar refractivity (Wildman–Crippen MR) is 110 cm³/mol. The molecule has 0 aliphatic rings. The molecule has 0 amide bonds. The quantitative estimate of drug-likeness (QED) is 0.512. The lowest BCUT2D eigenvalue weighted by atomic mass is 10.1. The maximum absolute atomic E-state index is 12.6. The Morgan fingerprint density at radius 3 is 2.68 bits per heavy atom. The summed E-state index contributed by atoms with van der Waals surface area (Å²) in [6.45, 7) is 5.20. The van der Waals surface area contributed by atoms with Crippen LogP contribution in [0.15, 0.2) is 39.9 Å². The lowest BCUT2D eigenvalue weighted by molar-refractivity contribution is 0.183. The summed E-state index contributed by atoms with van der Waals surface area (Å²) in [5.41, 5.74) is 3.75. The van der Waals surface area contributed by atoms with Crippen LogP contribution < -0.4 is 5.56 Å². The molecule has 0 atom stereocenters. The molecule has 0 radical (unpaired) electrons. The number of aromatic amines is 1. The van der Waals surface area contributed by atoms with E-state index in [-0.39, 0.29) is 5.56 Å². The van der Waals surface area contributed by atoms with Gasteiger partial charge >= 0.3 is 0 Å². The Morgan fingerprint density at radius 2 is 1.96 bits per heavy atom. The van der Waals surface area contributed by atoms with E-state index < -0.39 is 0 Å². The number of ether oxygens (including phenoxy) is 1. The number of rotatable bonds is 5. The molecule has 3 heterocycles. The fourth-order valence-corrected chi connectivity index (χ4v) is 3.90. The zero-order chi connectivity index (χ0) is 19.8. The van der Waals surface area contributed by atoms with Crippen molar-refractivity contribution in [2.24, 2.45) is 0 Å². The molecule has 144 valence electrons. The van der Waals surface area contributed by atoms with E-state index in [2.05, 4.69) is 36.1 Å². The van der Waals surface area contributed by atoms with E-state index >= 15 is 0 Å². The van der Waals surface area contributed by atoms with E-state index in [1.165, 1.54) is 0 Å². The highest BCUT2D eigenvalue weighted by Gasteiger charge is 2.15. The Labute approximate surface area is 169 Å². The lowest BCUT2D eigenvalue weighted by Gasteiger charge is -2.10. The normalized spacial score (nSPS) is 11.4. The van der Waals surface area contributed by atoms with Crippen LogP contribution in [0.5, 0.6) is 0 Å². The standard InChI is InChI=1S/C19H19BrN6O2/c1-11-8-13(20)9-12(2)16(11)26-10-14-17(24-26)21-18(22-19(14)27)15-4-5-25(23-15)6-7-28-3/h4-5,8-10H,6-7H2,1-3H3,(H,21,22,24,27). The number of nitrogens with zero attached hydrogens (tertiary/aromatic N) is 5. The number of benzene rings is 1. The molecule has 0 aliphatic carbocycles. The van der Waals surface area contributed by atoms with Gasteiger partial charge in [0.15, 0.2) is 11.5 Å². The van der Waals surface area contributed by atoms with Crippen molar-refractivity contribution in [3.8, 4) is 17.2 Å². The third-order valence-corrected chi connectivity index (χ3v) is 4.94. The zero-order valence-corrected chi connectivity index (χ0v) is 17.3. The van der Waals surface area contributed by atoms with Gasteiger partial charge < -0.3 is 9.72 Å². The van der Waals surface area contributed by atoms with Crippen LogP contribution in [0.3, 0.4) is 0 Å². The molecule has 1 N–H and O–H groups in total. The van der Waals surface area contributed by atoms with Gasteiger partial charge in [0.05, 0.1) is 18.8 Å². The second-order valence-corrected chi connectivity index (χ2v) is 7.49. The number of halogens is 1. The Balaban J connectivity index is 1.78. The van der Waals surface area contributed by atoms with E-state index in [1.54, 1.807) is 28.7 Å². The number of hydrogen-bond donors (Lipinski definition) is 1. The average molecular weight is 443 g/mol. The Morgan fingerprint density at radius 1 is 1.21 bits per heavy atom. The van der Waals surface area contributed by atoms with Crippen LogP contribution in [0.25, 0.3) is 28.2 Å². The van der Waals surface area contributed by atoms with Gasteiger partial charge in [-0.05, 0) is 43.2 Å². The largest absolute Gasteiger partial charge is 0.383 e. The second kappa shape index (κ2) is 7.33. The highest BCUT2D eigenvalue weighted by molar-refractivity contribution is 9.10. The van der Waals surface area contributed by atoms with Crippen LogP contribution in [0.4, 0.5) is 0 Å². The van der Waals surface area contributed by atoms with Gasteiger partial charge in [-0.25, -0.2) is 9.67 Å². The molecule has 0 fully saturated rings. The van der Waals surface area contributed by atoms with E-state index in [4.69, 9.17) is 4.74 Å². The monoisotopic (exact) mass is 442 g/mol. The number of hydrogen-bond acceptors (Lipinski definition) is 5.